The molecule has 14 heavy (non-hydrogen) atoms. The minimum absolute atomic E-state index is 0.121. The molecule has 0 aromatic heterocycles. The van der Waals surface area contributed by atoms with Crippen LogP contribution in [0.2, 0.25) is 0 Å². The maximum atomic E-state index is 11.8. The van der Waals surface area contributed by atoms with Gasteiger partial charge >= 0.3 is 0 Å². The van der Waals surface area contributed by atoms with E-state index in [1.807, 2.05) is 0 Å². The van der Waals surface area contributed by atoms with E-state index in [4.69, 9.17) is 9.47 Å². The summed E-state index contributed by atoms with van der Waals surface area (Å²) in [6.07, 6.45) is 2.16. The molecular weight excluding hydrogens is 184 g/mol. The largest absolute Gasteiger partial charge is 0.494 e. The monoisotopic (exact) mass is 198 g/mol. The minimum Gasteiger partial charge on any atom is -0.494 e. The SMILES string of the molecule is COC1=C(OC)C2(O)CCCC2C1=O. The summed E-state index contributed by atoms with van der Waals surface area (Å²) < 4.78 is 10.1. The second kappa shape index (κ2) is 2.98. The summed E-state index contributed by atoms with van der Waals surface area (Å²) in [7, 11) is 2.89. The smallest absolute Gasteiger partial charge is 0.207 e. The first kappa shape index (κ1) is 9.52. The number of ether oxygens (including phenoxy) is 2. The van der Waals surface area contributed by atoms with Crippen LogP contribution >= 0.6 is 0 Å². The van der Waals surface area contributed by atoms with Gasteiger partial charge in [-0.05, 0) is 19.3 Å². The van der Waals surface area contributed by atoms with Gasteiger partial charge in [-0.1, -0.05) is 0 Å². The molecule has 1 saturated carbocycles. The number of allylic oxidation sites excluding steroid dienone is 1. The van der Waals surface area contributed by atoms with Crippen LogP contribution in [0.25, 0.3) is 0 Å². The summed E-state index contributed by atoms with van der Waals surface area (Å²) in [5, 5.41) is 10.3. The standard InChI is InChI=1S/C10H14O4/c1-13-8-7(11)6-4-3-5-10(6,12)9(8)14-2/h6,12H,3-5H2,1-2H3. The number of hydrogen-bond donors (Lipinski definition) is 1. The van der Waals surface area contributed by atoms with E-state index in [9.17, 15) is 9.90 Å². The molecule has 78 valence electrons. The second-order valence-corrected chi connectivity index (χ2v) is 3.80. The van der Waals surface area contributed by atoms with Crippen LogP contribution in [0, 0.1) is 5.92 Å². The van der Waals surface area contributed by atoms with Gasteiger partial charge in [0.05, 0.1) is 20.1 Å². The highest BCUT2D eigenvalue weighted by molar-refractivity contribution is 6.00. The van der Waals surface area contributed by atoms with Crippen molar-refractivity contribution in [3.8, 4) is 0 Å². The van der Waals surface area contributed by atoms with Crippen LogP contribution < -0.4 is 0 Å². The van der Waals surface area contributed by atoms with Gasteiger partial charge in [0.2, 0.25) is 11.5 Å². The third-order valence-corrected chi connectivity index (χ3v) is 3.18. The number of carbonyl (C=O) groups excluding carboxylic acids is 1. The third kappa shape index (κ3) is 0.945. The van der Waals surface area contributed by atoms with Crippen LogP contribution in [0.15, 0.2) is 11.5 Å². The summed E-state index contributed by atoms with van der Waals surface area (Å²) in [6, 6.07) is 0. The van der Waals surface area contributed by atoms with Crippen molar-refractivity contribution in [2.24, 2.45) is 5.92 Å². The number of ketones is 1. The molecule has 0 saturated heterocycles. The Morgan fingerprint density at radius 2 is 2.14 bits per heavy atom. The first-order valence-corrected chi connectivity index (χ1v) is 4.74. The van der Waals surface area contributed by atoms with Crippen LogP contribution in [-0.4, -0.2) is 30.7 Å². The molecule has 0 heterocycles. The van der Waals surface area contributed by atoms with Gasteiger partial charge in [0.25, 0.3) is 0 Å². The van der Waals surface area contributed by atoms with Crippen molar-refractivity contribution in [1.82, 2.24) is 0 Å². The number of hydrogen-bond acceptors (Lipinski definition) is 4. The fraction of sp³-hybridized carbons (Fsp3) is 0.700. The highest BCUT2D eigenvalue weighted by atomic mass is 16.5. The van der Waals surface area contributed by atoms with Gasteiger partial charge in [0.1, 0.15) is 5.60 Å². The number of methoxy groups -OCH3 is 2. The van der Waals surface area contributed by atoms with Crippen molar-refractivity contribution >= 4 is 5.78 Å². The van der Waals surface area contributed by atoms with E-state index in [0.717, 1.165) is 12.8 Å². The summed E-state index contributed by atoms with van der Waals surface area (Å²) in [6.45, 7) is 0. The molecule has 2 rings (SSSR count). The fourth-order valence-corrected chi connectivity index (χ4v) is 2.54. The van der Waals surface area contributed by atoms with Gasteiger partial charge in [-0.2, -0.15) is 0 Å². The minimum atomic E-state index is -1.10. The van der Waals surface area contributed by atoms with E-state index in [1.54, 1.807) is 0 Å². The van der Waals surface area contributed by atoms with Crippen LogP contribution in [0.4, 0.5) is 0 Å². The Balaban J connectivity index is 2.47. The van der Waals surface area contributed by atoms with Crippen LogP contribution in [0.3, 0.4) is 0 Å². The number of carbonyl (C=O) groups is 1. The van der Waals surface area contributed by atoms with Crippen LogP contribution in [-0.2, 0) is 14.3 Å². The molecule has 0 bridgehead atoms. The van der Waals surface area contributed by atoms with Crippen LogP contribution in [0.5, 0.6) is 0 Å². The zero-order valence-electron chi connectivity index (χ0n) is 8.37. The lowest BCUT2D eigenvalue weighted by Gasteiger charge is -2.23. The lowest BCUT2D eigenvalue weighted by Crippen LogP contribution is -2.34. The van der Waals surface area contributed by atoms with Crippen molar-refractivity contribution in [2.75, 3.05) is 14.2 Å². The van der Waals surface area contributed by atoms with E-state index in [0.29, 0.717) is 12.2 Å². The predicted molar refractivity (Wildman–Crippen MR) is 48.3 cm³/mol. The highest BCUT2D eigenvalue weighted by Crippen LogP contribution is 2.48. The summed E-state index contributed by atoms with van der Waals surface area (Å²) in [4.78, 5) is 11.8. The number of aliphatic hydroxyl groups is 1. The molecule has 0 aromatic carbocycles. The Hall–Kier alpha value is -1.03. The molecule has 2 atom stereocenters. The van der Waals surface area contributed by atoms with E-state index < -0.39 is 5.60 Å². The Morgan fingerprint density at radius 1 is 1.43 bits per heavy atom. The molecule has 2 aliphatic carbocycles. The van der Waals surface area contributed by atoms with Gasteiger partial charge in [-0.15, -0.1) is 0 Å². The molecule has 0 aliphatic heterocycles. The maximum absolute atomic E-state index is 11.8. The van der Waals surface area contributed by atoms with E-state index >= 15 is 0 Å². The van der Waals surface area contributed by atoms with Crippen LogP contribution in [0.1, 0.15) is 19.3 Å². The van der Waals surface area contributed by atoms with Gasteiger partial charge in [0.15, 0.2) is 5.76 Å². The molecule has 2 unspecified atom stereocenters. The Kier molecular flexibility index (Phi) is 2.03. The Labute approximate surface area is 82.5 Å². The van der Waals surface area contributed by atoms with Crippen molar-refractivity contribution < 1.29 is 19.4 Å². The number of rotatable bonds is 2. The fourth-order valence-electron chi connectivity index (χ4n) is 2.54. The van der Waals surface area contributed by atoms with Crippen molar-refractivity contribution in [3.63, 3.8) is 0 Å². The maximum Gasteiger partial charge on any atom is 0.207 e. The van der Waals surface area contributed by atoms with E-state index in [-0.39, 0.29) is 17.5 Å². The van der Waals surface area contributed by atoms with Gasteiger partial charge in [0, 0.05) is 0 Å². The molecule has 2 aliphatic rings. The average Bonchev–Trinajstić information content (AvgIpc) is 2.62. The molecule has 0 radical (unpaired) electrons. The quantitative estimate of drug-likeness (QED) is 0.706. The number of fused-ring (bicyclic) bond motifs is 1. The van der Waals surface area contributed by atoms with Crippen molar-refractivity contribution in [3.05, 3.63) is 11.5 Å². The Morgan fingerprint density at radius 3 is 2.71 bits per heavy atom. The average molecular weight is 198 g/mol. The zero-order chi connectivity index (χ0) is 10.3. The molecule has 0 aromatic rings. The topological polar surface area (TPSA) is 55.8 Å². The first-order chi connectivity index (χ1) is 6.65. The van der Waals surface area contributed by atoms with Gasteiger partial charge in [-0.25, -0.2) is 0 Å². The summed E-state index contributed by atoms with van der Waals surface area (Å²) in [5.41, 5.74) is -1.10. The number of Topliss-reactive ketones (excluding diaryl/α,β-unsaturated/α-hetero) is 1. The first-order valence-electron chi connectivity index (χ1n) is 4.74. The highest BCUT2D eigenvalue weighted by Gasteiger charge is 2.57. The molecule has 4 heteroatoms. The molecule has 0 spiro atoms. The summed E-state index contributed by atoms with van der Waals surface area (Å²) >= 11 is 0. The molecule has 4 nitrogen and oxygen atoms in total. The van der Waals surface area contributed by atoms with Crippen molar-refractivity contribution in [2.45, 2.75) is 24.9 Å². The molecule has 0 amide bonds. The second-order valence-electron chi connectivity index (χ2n) is 3.80. The Bertz CT molecular complexity index is 307. The zero-order valence-corrected chi connectivity index (χ0v) is 8.37. The third-order valence-electron chi connectivity index (χ3n) is 3.18. The van der Waals surface area contributed by atoms with E-state index in [1.165, 1.54) is 14.2 Å². The summed E-state index contributed by atoms with van der Waals surface area (Å²) in [5.74, 6) is 0.0314. The van der Waals surface area contributed by atoms with Gasteiger partial charge < -0.3 is 14.6 Å². The van der Waals surface area contributed by atoms with E-state index in [2.05, 4.69) is 0 Å². The van der Waals surface area contributed by atoms with Crippen molar-refractivity contribution in [1.29, 1.82) is 0 Å². The van der Waals surface area contributed by atoms with Gasteiger partial charge in [-0.3, -0.25) is 4.79 Å². The lowest BCUT2D eigenvalue weighted by molar-refractivity contribution is -0.124. The molecule has 1 N–H and O–H groups in total. The lowest BCUT2D eigenvalue weighted by atomic mass is 9.93. The predicted octanol–water partition coefficient (Wildman–Crippen LogP) is 0.605. The normalized spacial score (nSPS) is 36.2. The molecule has 1 fully saturated rings. The molecular formula is C10H14O4.